The first-order chi connectivity index (χ1) is 10.0. The molecule has 0 heterocycles. The molecule has 0 bridgehead atoms. The Bertz CT molecular complexity index is 462. The van der Waals surface area contributed by atoms with E-state index in [1.165, 1.54) is 0 Å². The molecule has 1 aromatic carbocycles. The zero-order chi connectivity index (χ0) is 15.8. The van der Waals surface area contributed by atoms with E-state index in [-0.39, 0.29) is 12.0 Å². The Kier molecular flexibility index (Phi) is 7.02. The second-order valence-electron chi connectivity index (χ2n) is 4.86. The highest BCUT2D eigenvalue weighted by Gasteiger charge is 2.18. The van der Waals surface area contributed by atoms with Crippen LogP contribution in [0, 0.1) is 0 Å². The predicted octanol–water partition coefficient (Wildman–Crippen LogP) is 2.31. The summed E-state index contributed by atoms with van der Waals surface area (Å²) in [4.78, 5) is 11.7. The molecule has 5 nitrogen and oxygen atoms in total. The number of esters is 1. The van der Waals surface area contributed by atoms with Crippen molar-refractivity contribution < 1.29 is 19.0 Å². The van der Waals surface area contributed by atoms with E-state index in [9.17, 15) is 4.79 Å². The Labute approximate surface area is 126 Å². The normalized spacial score (nSPS) is 13.4. The number of carbonyl (C=O) groups excluding carboxylic acids is 1. The van der Waals surface area contributed by atoms with Gasteiger partial charge in [-0.3, -0.25) is 0 Å². The van der Waals surface area contributed by atoms with Gasteiger partial charge in [0.2, 0.25) is 0 Å². The zero-order valence-electron chi connectivity index (χ0n) is 13.2. The number of benzene rings is 1. The van der Waals surface area contributed by atoms with Gasteiger partial charge in [0.05, 0.1) is 13.7 Å². The number of methoxy groups -OCH3 is 1. The Balaban J connectivity index is 2.92. The molecule has 0 amide bonds. The fourth-order valence-electron chi connectivity index (χ4n) is 1.87. The van der Waals surface area contributed by atoms with Crippen molar-refractivity contribution >= 4 is 5.97 Å². The molecule has 2 unspecified atom stereocenters. The van der Waals surface area contributed by atoms with Gasteiger partial charge in [-0.05, 0) is 38.3 Å². The summed E-state index contributed by atoms with van der Waals surface area (Å²) in [6.07, 6.45) is 0.887. The van der Waals surface area contributed by atoms with Gasteiger partial charge in [0, 0.05) is 12.1 Å². The molecule has 0 aliphatic carbocycles. The van der Waals surface area contributed by atoms with Gasteiger partial charge in [0.1, 0.15) is 11.5 Å². The minimum absolute atomic E-state index is 0.0543. The van der Waals surface area contributed by atoms with E-state index in [2.05, 4.69) is 0 Å². The number of ether oxygens (including phenoxy) is 3. The number of carbonyl (C=O) groups is 1. The number of rotatable bonds is 8. The Morgan fingerprint density at radius 2 is 2.05 bits per heavy atom. The number of hydrogen-bond acceptors (Lipinski definition) is 5. The third-order valence-electron chi connectivity index (χ3n) is 3.20. The van der Waals surface area contributed by atoms with E-state index < -0.39 is 6.10 Å². The van der Waals surface area contributed by atoms with Gasteiger partial charge >= 0.3 is 5.97 Å². The molecule has 0 aromatic heterocycles. The summed E-state index contributed by atoms with van der Waals surface area (Å²) in [7, 11) is 1.59. The van der Waals surface area contributed by atoms with Gasteiger partial charge in [-0.15, -0.1) is 0 Å². The van der Waals surface area contributed by atoms with Gasteiger partial charge in [-0.2, -0.15) is 0 Å². The van der Waals surface area contributed by atoms with Gasteiger partial charge in [-0.1, -0.05) is 13.0 Å². The molecular formula is C16H25NO4. The predicted molar refractivity (Wildman–Crippen MR) is 81.7 cm³/mol. The van der Waals surface area contributed by atoms with Gasteiger partial charge in [-0.25, -0.2) is 4.79 Å². The molecule has 5 heteroatoms. The van der Waals surface area contributed by atoms with Crippen molar-refractivity contribution in [3.05, 3.63) is 23.8 Å². The lowest BCUT2D eigenvalue weighted by Gasteiger charge is -2.18. The lowest BCUT2D eigenvalue weighted by Crippen LogP contribution is -2.27. The van der Waals surface area contributed by atoms with Crippen LogP contribution in [0.15, 0.2) is 18.2 Å². The maximum atomic E-state index is 11.7. The van der Waals surface area contributed by atoms with E-state index in [0.717, 1.165) is 12.0 Å². The fraction of sp³-hybridized carbons (Fsp3) is 0.562. The highest BCUT2D eigenvalue weighted by molar-refractivity contribution is 5.74. The number of nitrogens with two attached hydrogens (primary N) is 1. The summed E-state index contributed by atoms with van der Waals surface area (Å²) in [5.74, 6) is 0.903. The first-order valence-corrected chi connectivity index (χ1v) is 7.27. The highest BCUT2D eigenvalue weighted by atomic mass is 16.6. The van der Waals surface area contributed by atoms with Gasteiger partial charge in [0.25, 0.3) is 0 Å². The minimum atomic E-state index is -0.673. The van der Waals surface area contributed by atoms with Crippen LogP contribution >= 0.6 is 0 Å². The number of hydrogen-bond donors (Lipinski definition) is 1. The van der Waals surface area contributed by atoms with Crippen LogP contribution < -0.4 is 15.2 Å². The molecule has 1 rings (SSSR count). The van der Waals surface area contributed by atoms with Crippen LogP contribution in [0.5, 0.6) is 11.5 Å². The summed E-state index contributed by atoms with van der Waals surface area (Å²) in [5, 5.41) is 0. The molecule has 0 saturated carbocycles. The largest absolute Gasteiger partial charge is 0.497 e. The van der Waals surface area contributed by atoms with E-state index in [0.29, 0.717) is 24.5 Å². The van der Waals surface area contributed by atoms with E-state index >= 15 is 0 Å². The molecule has 0 fully saturated rings. The van der Waals surface area contributed by atoms with Crippen molar-refractivity contribution in [1.29, 1.82) is 0 Å². The van der Waals surface area contributed by atoms with Gasteiger partial charge < -0.3 is 19.9 Å². The smallest absolute Gasteiger partial charge is 0.347 e. The average Bonchev–Trinajstić information content (AvgIpc) is 2.48. The summed E-state index contributed by atoms with van der Waals surface area (Å²) in [5.41, 5.74) is 6.96. The maximum Gasteiger partial charge on any atom is 0.347 e. The Hall–Kier alpha value is -1.75. The molecule has 2 atom stereocenters. The Morgan fingerprint density at radius 1 is 1.33 bits per heavy atom. The van der Waals surface area contributed by atoms with Crippen LogP contribution in [0.25, 0.3) is 0 Å². The molecule has 21 heavy (non-hydrogen) atoms. The van der Waals surface area contributed by atoms with E-state index in [4.69, 9.17) is 19.9 Å². The molecule has 0 aliphatic rings. The third kappa shape index (κ3) is 5.27. The van der Waals surface area contributed by atoms with Crippen LogP contribution in [0.4, 0.5) is 0 Å². The summed E-state index contributed by atoms with van der Waals surface area (Å²) < 4.78 is 15.9. The first kappa shape index (κ1) is 17.3. The monoisotopic (exact) mass is 295 g/mol. The van der Waals surface area contributed by atoms with E-state index in [1.807, 2.05) is 19.1 Å². The topological polar surface area (TPSA) is 70.8 Å². The van der Waals surface area contributed by atoms with Gasteiger partial charge in [0.15, 0.2) is 6.10 Å². The molecule has 1 aromatic rings. The lowest BCUT2D eigenvalue weighted by atomic mass is 10.0. The fourth-order valence-corrected chi connectivity index (χ4v) is 1.87. The second-order valence-corrected chi connectivity index (χ2v) is 4.86. The minimum Gasteiger partial charge on any atom is -0.497 e. The summed E-state index contributed by atoms with van der Waals surface area (Å²) in [6.45, 7) is 5.80. The SMILES string of the molecule is CCOC(=O)C(C)Oc1cc(OC)ccc1CC(N)CC. The molecule has 0 radical (unpaired) electrons. The molecule has 0 spiro atoms. The molecule has 0 aliphatic heterocycles. The van der Waals surface area contributed by atoms with Crippen LogP contribution in [-0.2, 0) is 16.0 Å². The first-order valence-electron chi connectivity index (χ1n) is 7.27. The second kappa shape index (κ2) is 8.52. The van der Waals surface area contributed by atoms with Crippen molar-refractivity contribution in [2.75, 3.05) is 13.7 Å². The molecular weight excluding hydrogens is 270 g/mol. The van der Waals surface area contributed by atoms with Crippen LogP contribution in [-0.4, -0.2) is 31.8 Å². The highest BCUT2D eigenvalue weighted by Crippen LogP contribution is 2.27. The van der Waals surface area contributed by atoms with Crippen LogP contribution in [0.1, 0.15) is 32.8 Å². The third-order valence-corrected chi connectivity index (χ3v) is 3.20. The molecule has 118 valence electrons. The van der Waals surface area contributed by atoms with Crippen molar-refractivity contribution in [1.82, 2.24) is 0 Å². The van der Waals surface area contributed by atoms with Crippen molar-refractivity contribution in [3.63, 3.8) is 0 Å². The standard InChI is InChI=1S/C16H25NO4/c1-5-13(17)9-12-7-8-14(19-4)10-15(12)21-11(3)16(18)20-6-2/h7-8,10-11,13H,5-6,9,17H2,1-4H3. The molecule has 2 N–H and O–H groups in total. The summed E-state index contributed by atoms with van der Waals surface area (Å²) >= 11 is 0. The molecule has 0 saturated heterocycles. The quantitative estimate of drug-likeness (QED) is 0.745. The lowest BCUT2D eigenvalue weighted by molar-refractivity contribution is -0.150. The summed E-state index contributed by atoms with van der Waals surface area (Å²) in [6, 6.07) is 5.60. The van der Waals surface area contributed by atoms with Crippen molar-refractivity contribution in [2.24, 2.45) is 5.73 Å². The van der Waals surface area contributed by atoms with Crippen LogP contribution in [0.3, 0.4) is 0 Å². The Morgan fingerprint density at radius 3 is 2.62 bits per heavy atom. The van der Waals surface area contributed by atoms with Crippen molar-refractivity contribution in [2.45, 2.75) is 45.8 Å². The average molecular weight is 295 g/mol. The van der Waals surface area contributed by atoms with Crippen LogP contribution in [0.2, 0.25) is 0 Å². The maximum absolute atomic E-state index is 11.7. The van der Waals surface area contributed by atoms with E-state index in [1.54, 1.807) is 27.0 Å². The van der Waals surface area contributed by atoms with Crippen molar-refractivity contribution in [3.8, 4) is 11.5 Å². The zero-order valence-corrected chi connectivity index (χ0v) is 13.2.